The van der Waals surface area contributed by atoms with Crippen molar-refractivity contribution in [1.82, 2.24) is 10.2 Å². The lowest BCUT2D eigenvalue weighted by atomic mass is 10.1. The number of hydrogen-bond acceptors (Lipinski definition) is 3. The quantitative estimate of drug-likeness (QED) is 0.777. The SMILES string of the molecule is Cc1ccc2c(c1)C(=O)N(CCNC(=O)O)C2=O. The fraction of sp³-hybridized carbons (Fsp3) is 0.250. The second kappa shape index (κ2) is 4.48. The Morgan fingerprint density at radius 2 is 1.94 bits per heavy atom. The molecule has 2 N–H and O–H groups in total. The van der Waals surface area contributed by atoms with Gasteiger partial charge in [-0.1, -0.05) is 11.6 Å². The third-order valence-corrected chi connectivity index (χ3v) is 2.74. The van der Waals surface area contributed by atoms with Crippen molar-refractivity contribution >= 4 is 17.9 Å². The lowest BCUT2D eigenvalue weighted by Gasteiger charge is -2.12. The van der Waals surface area contributed by atoms with Gasteiger partial charge in [0.1, 0.15) is 0 Å². The predicted molar refractivity (Wildman–Crippen MR) is 62.6 cm³/mol. The highest BCUT2D eigenvalue weighted by Gasteiger charge is 2.34. The number of hydrogen-bond donors (Lipinski definition) is 2. The zero-order chi connectivity index (χ0) is 13.3. The average Bonchev–Trinajstić information content (AvgIpc) is 2.53. The number of carbonyl (C=O) groups excluding carboxylic acids is 2. The monoisotopic (exact) mass is 248 g/mol. The van der Waals surface area contributed by atoms with E-state index in [-0.39, 0.29) is 24.9 Å². The first kappa shape index (κ1) is 12.1. The van der Waals surface area contributed by atoms with Gasteiger partial charge in [0.15, 0.2) is 0 Å². The Morgan fingerprint density at radius 3 is 2.61 bits per heavy atom. The molecule has 1 aliphatic heterocycles. The van der Waals surface area contributed by atoms with Crippen LogP contribution in [0.1, 0.15) is 26.3 Å². The van der Waals surface area contributed by atoms with E-state index in [4.69, 9.17) is 5.11 Å². The summed E-state index contributed by atoms with van der Waals surface area (Å²) in [5, 5.41) is 10.6. The van der Waals surface area contributed by atoms with Crippen LogP contribution in [0.2, 0.25) is 0 Å². The topological polar surface area (TPSA) is 86.7 Å². The van der Waals surface area contributed by atoms with Crippen LogP contribution in [0.4, 0.5) is 4.79 Å². The molecule has 0 saturated heterocycles. The lowest BCUT2D eigenvalue weighted by Crippen LogP contribution is -2.37. The Balaban J connectivity index is 2.15. The fourth-order valence-electron chi connectivity index (χ4n) is 1.88. The van der Waals surface area contributed by atoms with Crippen LogP contribution >= 0.6 is 0 Å². The Labute approximate surface area is 103 Å². The number of amides is 3. The number of carboxylic acid groups (broad SMARTS) is 1. The zero-order valence-electron chi connectivity index (χ0n) is 9.77. The van der Waals surface area contributed by atoms with Crippen LogP contribution in [0.25, 0.3) is 0 Å². The Bertz CT molecular complexity index is 539. The lowest BCUT2D eigenvalue weighted by molar-refractivity contribution is 0.0654. The molecule has 0 saturated carbocycles. The average molecular weight is 248 g/mol. The molecule has 0 spiro atoms. The standard InChI is InChI=1S/C12H12N2O4/c1-7-2-3-8-9(6-7)11(16)14(10(8)15)5-4-13-12(17)18/h2-3,6,13H,4-5H2,1H3,(H,17,18). The number of fused-ring (bicyclic) bond motifs is 1. The number of nitrogens with zero attached hydrogens (tertiary/aromatic N) is 1. The smallest absolute Gasteiger partial charge is 0.404 e. The molecule has 1 aromatic rings. The maximum absolute atomic E-state index is 12.0. The largest absolute Gasteiger partial charge is 0.465 e. The molecule has 0 radical (unpaired) electrons. The van der Waals surface area contributed by atoms with Crippen LogP contribution in [0.5, 0.6) is 0 Å². The van der Waals surface area contributed by atoms with E-state index in [0.29, 0.717) is 11.1 Å². The van der Waals surface area contributed by atoms with Crippen LogP contribution in [-0.2, 0) is 0 Å². The number of carbonyl (C=O) groups is 3. The van der Waals surface area contributed by atoms with Crippen molar-refractivity contribution < 1.29 is 19.5 Å². The van der Waals surface area contributed by atoms with Gasteiger partial charge in [-0.05, 0) is 19.1 Å². The van der Waals surface area contributed by atoms with E-state index in [1.165, 1.54) is 0 Å². The fourth-order valence-corrected chi connectivity index (χ4v) is 1.88. The maximum atomic E-state index is 12.0. The van der Waals surface area contributed by atoms with Gasteiger partial charge in [0.2, 0.25) is 0 Å². The predicted octanol–water partition coefficient (Wildman–Crippen LogP) is 0.859. The van der Waals surface area contributed by atoms with Crippen molar-refractivity contribution in [3.8, 4) is 0 Å². The Morgan fingerprint density at radius 1 is 1.28 bits per heavy atom. The van der Waals surface area contributed by atoms with Gasteiger partial charge in [-0.25, -0.2) is 4.79 Å². The molecule has 6 nitrogen and oxygen atoms in total. The van der Waals surface area contributed by atoms with Crippen LogP contribution in [0.15, 0.2) is 18.2 Å². The van der Waals surface area contributed by atoms with Gasteiger partial charge >= 0.3 is 6.09 Å². The number of nitrogens with one attached hydrogen (secondary N) is 1. The van der Waals surface area contributed by atoms with E-state index in [2.05, 4.69) is 5.32 Å². The zero-order valence-corrected chi connectivity index (χ0v) is 9.77. The van der Waals surface area contributed by atoms with Gasteiger partial charge in [0, 0.05) is 13.1 Å². The van der Waals surface area contributed by atoms with Crippen molar-refractivity contribution in [1.29, 1.82) is 0 Å². The minimum atomic E-state index is -1.18. The molecule has 18 heavy (non-hydrogen) atoms. The molecule has 0 fully saturated rings. The van der Waals surface area contributed by atoms with Gasteiger partial charge in [0.25, 0.3) is 11.8 Å². The van der Waals surface area contributed by atoms with E-state index < -0.39 is 6.09 Å². The van der Waals surface area contributed by atoms with Crippen molar-refractivity contribution in [2.75, 3.05) is 13.1 Å². The molecular formula is C12H12N2O4. The molecular weight excluding hydrogens is 236 g/mol. The van der Waals surface area contributed by atoms with Crippen LogP contribution in [-0.4, -0.2) is 41.0 Å². The summed E-state index contributed by atoms with van der Waals surface area (Å²) in [6.45, 7) is 1.91. The number of aryl methyl sites for hydroxylation is 1. The van der Waals surface area contributed by atoms with Crippen LogP contribution in [0.3, 0.4) is 0 Å². The third kappa shape index (κ3) is 2.04. The summed E-state index contributed by atoms with van der Waals surface area (Å²) >= 11 is 0. The van der Waals surface area contributed by atoms with Gasteiger partial charge in [-0.15, -0.1) is 0 Å². The highest BCUT2D eigenvalue weighted by molar-refractivity contribution is 6.21. The molecule has 1 aliphatic rings. The molecule has 1 aromatic carbocycles. The summed E-state index contributed by atoms with van der Waals surface area (Å²) in [6, 6.07) is 5.05. The van der Waals surface area contributed by atoms with Crippen molar-refractivity contribution in [2.24, 2.45) is 0 Å². The van der Waals surface area contributed by atoms with Gasteiger partial charge < -0.3 is 10.4 Å². The molecule has 94 valence electrons. The Hall–Kier alpha value is -2.37. The molecule has 0 atom stereocenters. The van der Waals surface area contributed by atoms with Crippen molar-refractivity contribution in [3.05, 3.63) is 34.9 Å². The maximum Gasteiger partial charge on any atom is 0.404 e. The summed E-state index contributed by atoms with van der Waals surface area (Å²) in [4.78, 5) is 35.2. The molecule has 3 amide bonds. The number of benzene rings is 1. The van der Waals surface area contributed by atoms with Crippen LogP contribution < -0.4 is 5.32 Å². The van der Waals surface area contributed by atoms with E-state index >= 15 is 0 Å². The van der Waals surface area contributed by atoms with E-state index in [0.717, 1.165) is 10.5 Å². The van der Waals surface area contributed by atoms with Gasteiger partial charge in [-0.3, -0.25) is 14.5 Å². The summed E-state index contributed by atoms with van der Waals surface area (Å²) in [5.74, 6) is -0.743. The van der Waals surface area contributed by atoms with Crippen LogP contribution in [0, 0.1) is 6.92 Å². The first-order valence-corrected chi connectivity index (χ1v) is 5.44. The third-order valence-electron chi connectivity index (χ3n) is 2.74. The highest BCUT2D eigenvalue weighted by atomic mass is 16.4. The number of rotatable bonds is 3. The van der Waals surface area contributed by atoms with Crippen molar-refractivity contribution in [3.63, 3.8) is 0 Å². The molecule has 0 unspecified atom stereocenters. The van der Waals surface area contributed by atoms with Gasteiger partial charge in [-0.2, -0.15) is 0 Å². The van der Waals surface area contributed by atoms with Crippen molar-refractivity contribution in [2.45, 2.75) is 6.92 Å². The summed E-state index contributed by atoms with van der Waals surface area (Å²) in [5.41, 5.74) is 1.66. The minimum Gasteiger partial charge on any atom is -0.465 e. The van der Waals surface area contributed by atoms with Gasteiger partial charge in [0.05, 0.1) is 11.1 Å². The summed E-state index contributed by atoms with van der Waals surface area (Å²) in [6.07, 6.45) is -1.18. The molecule has 2 rings (SSSR count). The summed E-state index contributed by atoms with van der Waals surface area (Å²) in [7, 11) is 0. The second-order valence-corrected chi connectivity index (χ2v) is 4.04. The molecule has 0 aromatic heterocycles. The first-order valence-electron chi connectivity index (χ1n) is 5.44. The Kier molecular flexibility index (Phi) is 3.01. The highest BCUT2D eigenvalue weighted by Crippen LogP contribution is 2.23. The molecule has 6 heteroatoms. The molecule has 0 bridgehead atoms. The number of imide groups is 1. The van der Waals surface area contributed by atoms with E-state index in [1.54, 1.807) is 18.2 Å². The minimum absolute atomic E-state index is 0.0276. The summed E-state index contributed by atoms with van der Waals surface area (Å²) < 4.78 is 0. The van der Waals surface area contributed by atoms with E-state index in [9.17, 15) is 14.4 Å². The normalized spacial score (nSPS) is 13.7. The molecule has 0 aliphatic carbocycles. The van der Waals surface area contributed by atoms with E-state index in [1.807, 2.05) is 6.92 Å². The first-order chi connectivity index (χ1) is 8.50. The second-order valence-electron chi connectivity index (χ2n) is 4.04. The molecule has 1 heterocycles.